The quantitative estimate of drug-likeness (QED) is 0.401. The maximum absolute atomic E-state index is 4.61. The molecule has 0 amide bonds. The molecule has 0 saturated carbocycles. The number of fused-ring (bicyclic) bond motifs is 2. The lowest BCUT2D eigenvalue weighted by Gasteiger charge is -2.01. The Bertz CT molecular complexity index is 1480. The van der Waals surface area contributed by atoms with Crippen molar-refractivity contribution in [1.29, 1.82) is 0 Å². The Balaban J connectivity index is 1.52. The summed E-state index contributed by atoms with van der Waals surface area (Å²) < 4.78 is 0. The Kier molecular flexibility index (Phi) is 3.71. The average molecular weight is 387 g/mol. The molecule has 0 fully saturated rings. The van der Waals surface area contributed by atoms with Gasteiger partial charge in [0.15, 0.2) is 0 Å². The van der Waals surface area contributed by atoms with E-state index in [9.17, 15) is 0 Å². The second-order valence-electron chi connectivity index (χ2n) is 7.21. The van der Waals surface area contributed by atoms with Crippen molar-refractivity contribution in [2.24, 2.45) is 0 Å². The van der Waals surface area contributed by atoms with Crippen molar-refractivity contribution >= 4 is 21.8 Å². The number of hydrogen-bond acceptors (Lipinski definition) is 3. The van der Waals surface area contributed by atoms with E-state index < -0.39 is 0 Å². The van der Waals surface area contributed by atoms with E-state index in [4.69, 9.17) is 0 Å². The van der Waals surface area contributed by atoms with Crippen LogP contribution in [0.3, 0.4) is 0 Å². The molecule has 6 aromatic rings. The van der Waals surface area contributed by atoms with Crippen LogP contribution in [0.1, 0.15) is 0 Å². The van der Waals surface area contributed by atoms with E-state index in [0.717, 1.165) is 55.7 Å². The highest BCUT2D eigenvalue weighted by Crippen LogP contribution is 2.34. The van der Waals surface area contributed by atoms with Crippen molar-refractivity contribution < 1.29 is 0 Å². The van der Waals surface area contributed by atoms with Gasteiger partial charge < -0.3 is 4.98 Å². The second-order valence-corrected chi connectivity index (χ2v) is 7.21. The SMILES string of the molecule is c1ccc(-c2ccc3[nH]nc(-c4cc5c(-c6ccccn6)cccc5[nH]4)c3c2)nc1. The fourth-order valence-corrected chi connectivity index (χ4v) is 3.94. The molecule has 0 radical (unpaired) electrons. The molecular weight excluding hydrogens is 370 g/mol. The predicted octanol–water partition coefficient (Wildman–Crippen LogP) is 5.84. The lowest BCUT2D eigenvalue weighted by atomic mass is 10.0. The largest absolute Gasteiger partial charge is 0.353 e. The fraction of sp³-hybridized carbons (Fsp3) is 0. The number of aromatic nitrogens is 5. The summed E-state index contributed by atoms with van der Waals surface area (Å²) in [5, 5.41) is 9.95. The molecule has 4 aromatic heterocycles. The first-order chi connectivity index (χ1) is 14.9. The zero-order chi connectivity index (χ0) is 19.9. The predicted molar refractivity (Wildman–Crippen MR) is 120 cm³/mol. The highest BCUT2D eigenvalue weighted by atomic mass is 15.1. The summed E-state index contributed by atoms with van der Waals surface area (Å²) in [5.74, 6) is 0. The minimum Gasteiger partial charge on any atom is -0.353 e. The maximum atomic E-state index is 4.61. The first-order valence-corrected chi connectivity index (χ1v) is 9.80. The van der Waals surface area contributed by atoms with E-state index in [1.807, 2.05) is 48.8 Å². The van der Waals surface area contributed by atoms with Gasteiger partial charge in [0.25, 0.3) is 0 Å². The first kappa shape index (κ1) is 16.7. The van der Waals surface area contributed by atoms with Crippen LogP contribution in [0, 0.1) is 0 Å². The van der Waals surface area contributed by atoms with Gasteiger partial charge in [0.1, 0.15) is 5.69 Å². The molecule has 0 bridgehead atoms. The molecule has 0 unspecified atom stereocenters. The summed E-state index contributed by atoms with van der Waals surface area (Å²) >= 11 is 0. The summed E-state index contributed by atoms with van der Waals surface area (Å²) in [6, 6.07) is 26.6. The highest BCUT2D eigenvalue weighted by molar-refractivity contribution is 6.01. The number of aromatic amines is 2. The van der Waals surface area contributed by atoms with Crippen molar-refractivity contribution in [3.05, 3.63) is 91.3 Å². The zero-order valence-corrected chi connectivity index (χ0v) is 16.0. The Labute approximate surface area is 172 Å². The van der Waals surface area contributed by atoms with E-state index in [1.54, 1.807) is 0 Å². The summed E-state index contributed by atoms with van der Waals surface area (Å²) in [6.07, 6.45) is 3.63. The van der Waals surface area contributed by atoms with Crippen LogP contribution >= 0.6 is 0 Å². The van der Waals surface area contributed by atoms with Crippen molar-refractivity contribution in [3.63, 3.8) is 0 Å². The molecule has 0 aliphatic heterocycles. The minimum atomic E-state index is 0.894. The van der Waals surface area contributed by atoms with Crippen LogP contribution < -0.4 is 0 Å². The van der Waals surface area contributed by atoms with E-state index >= 15 is 0 Å². The fourth-order valence-electron chi connectivity index (χ4n) is 3.94. The smallest absolute Gasteiger partial charge is 0.116 e. The topological polar surface area (TPSA) is 70.2 Å². The third kappa shape index (κ3) is 2.68. The maximum Gasteiger partial charge on any atom is 0.116 e. The Morgan fingerprint density at radius 2 is 1.47 bits per heavy atom. The van der Waals surface area contributed by atoms with Crippen LogP contribution in [-0.2, 0) is 0 Å². The van der Waals surface area contributed by atoms with Gasteiger partial charge in [0.2, 0.25) is 0 Å². The molecule has 0 atom stereocenters. The summed E-state index contributed by atoms with van der Waals surface area (Å²) in [4.78, 5) is 12.5. The Hall–Kier alpha value is -4.25. The van der Waals surface area contributed by atoms with Crippen molar-refractivity contribution in [3.8, 4) is 33.9 Å². The van der Waals surface area contributed by atoms with Gasteiger partial charge in [-0.3, -0.25) is 15.1 Å². The number of nitrogens with one attached hydrogen (secondary N) is 2. The summed E-state index contributed by atoms with van der Waals surface area (Å²) in [7, 11) is 0. The van der Waals surface area contributed by atoms with Crippen LogP contribution in [0.25, 0.3) is 55.7 Å². The van der Waals surface area contributed by atoms with E-state index in [1.165, 1.54) is 0 Å². The summed E-state index contributed by atoms with van der Waals surface area (Å²) in [6.45, 7) is 0. The standard InChI is InChI=1S/C25H17N5/c1-3-12-26-20(7-1)16-10-11-23-19(14-16)25(30-29-23)24-15-18-17(6-5-9-22(18)28-24)21-8-2-4-13-27-21/h1-15,28H,(H,29,30). The van der Waals surface area contributed by atoms with Gasteiger partial charge in [-0.05, 0) is 48.5 Å². The van der Waals surface area contributed by atoms with Gasteiger partial charge >= 0.3 is 0 Å². The highest BCUT2D eigenvalue weighted by Gasteiger charge is 2.14. The molecule has 0 aliphatic rings. The number of pyridine rings is 2. The van der Waals surface area contributed by atoms with Gasteiger partial charge in [-0.15, -0.1) is 0 Å². The number of nitrogens with zero attached hydrogens (tertiary/aromatic N) is 3. The normalized spacial score (nSPS) is 11.3. The third-order valence-corrected chi connectivity index (χ3v) is 5.38. The molecule has 0 spiro atoms. The monoisotopic (exact) mass is 387 g/mol. The van der Waals surface area contributed by atoms with Crippen LogP contribution in [0.15, 0.2) is 91.3 Å². The molecule has 30 heavy (non-hydrogen) atoms. The van der Waals surface area contributed by atoms with Crippen LogP contribution in [0.2, 0.25) is 0 Å². The second kappa shape index (κ2) is 6.67. The lowest BCUT2D eigenvalue weighted by molar-refractivity contribution is 1.12. The van der Waals surface area contributed by atoms with Gasteiger partial charge in [-0.1, -0.05) is 30.3 Å². The number of H-pyrrole nitrogens is 2. The third-order valence-electron chi connectivity index (χ3n) is 5.38. The van der Waals surface area contributed by atoms with Crippen LogP contribution in [0.5, 0.6) is 0 Å². The van der Waals surface area contributed by atoms with Gasteiger partial charge in [0.05, 0.1) is 22.6 Å². The molecule has 5 nitrogen and oxygen atoms in total. The Morgan fingerprint density at radius 1 is 0.633 bits per heavy atom. The summed E-state index contributed by atoms with van der Waals surface area (Å²) in [5.41, 5.74) is 7.99. The molecule has 6 rings (SSSR count). The van der Waals surface area contributed by atoms with Gasteiger partial charge in [0, 0.05) is 39.8 Å². The van der Waals surface area contributed by atoms with Crippen LogP contribution in [0.4, 0.5) is 0 Å². The van der Waals surface area contributed by atoms with E-state index in [0.29, 0.717) is 0 Å². The van der Waals surface area contributed by atoms with E-state index in [2.05, 4.69) is 67.6 Å². The first-order valence-electron chi connectivity index (χ1n) is 9.80. The molecule has 0 saturated heterocycles. The molecule has 4 heterocycles. The molecule has 142 valence electrons. The molecule has 5 heteroatoms. The molecular formula is C25H17N5. The van der Waals surface area contributed by atoms with E-state index in [-0.39, 0.29) is 0 Å². The number of rotatable bonds is 3. The molecule has 0 aliphatic carbocycles. The number of benzene rings is 2. The average Bonchev–Trinajstić information content (AvgIpc) is 3.43. The van der Waals surface area contributed by atoms with Gasteiger partial charge in [-0.25, -0.2) is 0 Å². The van der Waals surface area contributed by atoms with Crippen LogP contribution in [-0.4, -0.2) is 25.1 Å². The van der Waals surface area contributed by atoms with Crippen molar-refractivity contribution in [2.75, 3.05) is 0 Å². The van der Waals surface area contributed by atoms with Gasteiger partial charge in [-0.2, -0.15) is 5.10 Å². The molecule has 2 aromatic carbocycles. The zero-order valence-electron chi connectivity index (χ0n) is 16.0. The number of hydrogen-bond donors (Lipinski definition) is 2. The minimum absolute atomic E-state index is 0.894. The Morgan fingerprint density at radius 3 is 2.27 bits per heavy atom. The van der Waals surface area contributed by atoms with Crippen molar-refractivity contribution in [1.82, 2.24) is 25.1 Å². The lowest BCUT2D eigenvalue weighted by Crippen LogP contribution is -1.82. The van der Waals surface area contributed by atoms with Crippen molar-refractivity contribution in [2.45, 2.75) is 0 Å². The molecule has 2 N–H and O–H groups in total.